The summed E-state index contributed by atoms with van der Waals surface area (Å²) in [6.45, 7) is 0. The van der Waals surface area contributed by atoms with Crippen molar-refractivity contribution in [1.29, 1.82) is 0 Å². The summed E-state index contributed by atoms with van der Waals surface area (Å²) in [5, 5.41) is 23.2. The summed E-state index contributed by atoms with van der Waals surface area (Å²) in [6.07, 6.45) is 3.10. The number of rotatable bonds is 4. The highest BCUT2D eigenvalue weighted by atomic mass is 16.3. The fourth-order valence-corrected chi connectivity index (χ4v) is 2.09. The quantitative estimate of drug-likeness (QED) is 0.693. The van der Waals surface area contributed by atoms with E-state index >= 15 is 0 Å². The van der Waals surface area contributed by atoms with Crippen molar-refractivity contribution in [1.82, 2.24) is 0 Å². The number of hydrogen-bond donors (Lipinski definition) is 0. The monoisotopic (exact) mass is 314 g/mol. The van der Waals surface area contributed by atoms with Crippen LogP contribution in [0.4, 0.5) is 11.4 Å². The Morgan fingerprint density at radius 3 is 1.29 bits per heavy atom. The van der Waals surface area contributed by atoms with Crippen molar-refractivity contribution in [2.75, 3.05) is 0 Å². The van der Waals surface area contributed by atoms with E-state index in [9.17, 15) is 10.2 Å². The van der Waals surface area contributed by atoms with E-state index in [1.165, 1.54) is 12.1 Å². The van der Waals surface area contributed by atoms with Crippen LogP contribution in [0.3, 0.4) is 0 Å². The number of aliphatic imine (C=N–C) groups is 2. The van der Waals surface area contributed by atoms with Gasteiger partial charge in [-0.2, -0.15) is 0 Å². The van der Waals surface area contributed by atoms with Gasteiger partial charge in [0.15, 0.2) is 0 Å². The molecule has 0 fully saturated rings. The van der Waals surface area contributed by atoms with Crippen molar-refractivity contribution >= 4 is 23.8 Å². The van der Waals surface area contributed by atoms with Gasteiger partial charge in [0.25, 0.3) is 0 Å². The summed E-state index contributed by atoms with van der Waals surface area (Å²) in [7, 11) is 0. The van der Waals surface area contributed by atoms with E-state index in [1.807, 2.05) is 0 Å². The average Bonchev–Trinajstić information content (AvgIpc) is 2.61. The van der Waals surface area contributed by atoms with Crippen LogP contribution in [0.5, 0.6) is 11.5 Å². The Kier molecular flexibility index (Phi) is 4.68. The van der Waals surface area contributed by atoms with Gasteiger partial charge in [0.2, 0.25) is 0 Å². The molecule has 3 aromatic rings. The van der Waals surface area contributed by atoms with E-state index in [2.05, 4.69) is 9.98 Å². The first kappa shape index (κ1) is 15.5. The van der Waals surface area contributed by atoms with Crippen molar-refractivity contribution in [3.05, 3.63) is 83.9 Å². The Balaban J connectivity index is 1.72. The summed E-state index contributed by atoms with van der Waals surface area (Å²) in [5.41, 5.74) is 2.54. The van der Waals surface area contributed by atoms with E-state index in [0.29, 0.717) is 11.1 Å². The van der Waals surface area contributed by atoms with Crippen LogP contribution in [0.2, 0.25) is 0 Å². The standard InChI is InChI=1S/C20H16N2O2/c23-19-7-3-1-5-15(19)13-21-17-9-11-18(12-10-17)22-14-16-6-2-4-8-20(16)24/h1-14,23-24H/p-2. The molecular formula is C20H14N2O2-2. The minimum absolute atomic E-state index is 0.0567. The second-order valence-corrected chi connectivity index (χ2v) is 5.11. The van der Waals surface area contributed by atoms with Gasteiger partial charge in [0.1, 0.15) is 0 Å². The second-order valence-electron chi connectivity index (χ2n) is 5.11. The van der Waals surface area contributed by atoms with E-state index in [1.54, 1.807) is 73.1 Å². The molecule has 0 aliphatic rings. The lowest BCUT2D eigenvalue weighted by Gasteiger charge is -2.08. The summed E-state index contributed by atoms with van der Waals surface area (Å²) >= 11 is 0. The SMILES string of the molecule is [O-]c1ccccc1C=Nc1ccc(N=Cc2ccccc2[O-])cc1. The van der Waals surface area contributed by atoms with Crippen LogP contribution >= 0.6 is 0 Å². The number of hydrogen-bond acceptors (Lipinski definition) is 4. The van der Waals surface area contributed by atoms with Crippen molar-refractivity contribution in [3.8, 4) is 11.5 Å². The highest BCUT2D eigenvalue weighted by Crippen LogP contribution is 2.20. The number of para-hydroxylation sites is 2. The fraction of sp³-hybridized carbons (Fsp3) is 0. The van der Waals surface area contributed by atoms with Gasteiger partial charge in [-0.1, -0.05) is 48.5 Å². The first-order valence-electron chi connectivity index (χ1n) is 7.43. The first-order valence-corrected chi connectivity index (χ1v) is 7.43. The third-order valence-corrected chi connectivity index (χ3v) is 3.39. The summed E-state index contributed by atoms with van der Waals surface area (Å²) in [6, 6.07) is 20.7. The van der Waals surface area contributed by atoms with E-state index in [-0.39, 0.29) is 11.5 Å². The zero-order valence-corrected chi connectivity index (χ0v) is 12.8. The Morgan fingerprint density at radius 2 is 0.917 bits per heavy atom. The van der Waals surface area contributed by atoms with Gasteiger partial charge in [-0.15, -0.1) is 11.5 Å². The molecule has 3 aromatic carbocycles. The van der Waals surface area contributed by atoms with Crippen LogP contribution in [0, 0.1) is 0 Å². The Hall–Kier alpha value is -3.40. The molecule has 4 heteroatoms. The maximum atomic E-state index is 11.6. The molecule has 0 aromatic heterocycles. The molecule has 0 saturated heterocycles. The van der Waals surface area contributed by atoms with Gasteiger partial charge in [0, 0.05) is 12.4 Å². The maximum absolute atomic E-state index is 11.6. The van der Waals surface area contributed by atoms with Crippen LogP contribution < -0.4 is 10.2 Å². The summed E-state index contributed by atoms with van der Waals surface area (Å²) in [5.74, 6) is -0.113. The molecule has 3 rings (SSSR count). The van der Waals surface area contributed by atoms with Crippen LogP contribution in [0.1, 0.15) is 11.1 Å². The van der Waals surface area contributed by atoms with Gasteiger partial charge in [-0.25, -0.2) is 0 Å². The highest BCUT2D eigenvalue weighted by Gasteiger charge is 1.93. The van der Waals surface area contributed by atoms with Crippen molar-refractivity contribution in [3.63, 3.8) is 0 Å². The topological polar surface area (TPSA) is 70.8 Å². The Labute approximate surface area is 140 Å². The lowest BCUT2D eigenvalue weighted by molar-refractivity contribution is -0.269. The van der Waals surface area contributed by atoms with E-state index in [4.69, 9.17) is 0 Å². The van der Waals surface area contributed by atoms with E-state index < -0.39 is 0 Å². The molecule has 0 amide bonds. The minimum Gasteiger partial charge on any atom is -0.872 e. The van der Waals surface area contributed by atoms with E-state index in [0.717, 1.165) is 11.4 Å². The summed E-state index contributed by atoms with van der Waals surface area (Å²) in [4.78, 5) is 8.57. The molecule has 24 heavy (non-hydrogen) atoms. The van der Waals surface area contributed by atoms with Crippen molar-refractivity contribution in [2.24, 2.45) is 9.98 Å². The second kappa shape index (κ2) is 7.24. The van der Waals surface area contributed by atoms with Gasteiger partial charge < -0.3 is 10.2 Å². The molecule has 0 N–H and O–H groups in total. The van der Waals surface area contributed by atoms with Crippen molar-refractivity contribution < 1.29 is 10.2 Å². The highest BCUT2D eigenvalue weighted by molar-refractivity contribution is 5.86. The number of benzene rings is 3. The maximum Gasteiger partial charge on any atom is 0.0631 e. The normalized spacial score (nSPS) is 11.3. The minimum atomic E-state index is -0.0567. The van der Waals surface area contributed by atoms with Gasteiger partial charge >= 0.3 is 0 Å². The molecule has 0 spiro atoms. The molecule has 0 unspecified atom stereocenters. The third-order valence-electron chi connectivity index (χ3n) is 3.39. The van der Waals surface area contributed by atoms with Crippen LogP contribution in [-0.4, -0.2) is 12.4 Å². The van der Waals surface area contributed by atoms with Gasteiger partial charge in [-0.05, 0) is 35.4 Å². The molecular weight excluding hydrogens is 300 g/mol. The van der Waals surface area contributed by atoms with Gasteiger partial charge in [0.05, 0.1) is 11.4 Å². The zero-order valence-electron chi connectivity index (χ0n) is 12.8. The fourth-order valence-electron chi connectivity index (χ4n) is 2.09. The average molecular weight is 314 g/mol. The molecule has 118 valence electrons. The van der Waals surface area contributed by atoms with Crippen LogP contribution in [-0.2, 0) is 0 Å². The number of nitrogens with zero attached hydrogens (tertiary/aromatic N) is 2. The lowest BCUT2D eigenvalue weighted by atomic mass is 10.2. The van der Waals surface area contributed by atoms with Crippen LogP contribution in [0.25, 0.3) is 0 Å². The molecule has 0 saturated carbocycles. The van der Waals surface area contributed by atoms with Gasteiger partial charge in [-0.3, -0.25) is 9.98 Å². The predicted molar refractivity (Wildman–Crippen MR) is 92.7 cm³/mol. The zero-order chi connectivity index (χ0) is 16.8. The predicted octanol–water partition coefficient (Wildman–Crippen LogP) is 3.34. The first-order chi connectivity index (χ1) is 11.7. The molecule has 0 aliphatic heterocycles. The molecule has 4 nitrogen and oxygen atoms in total. The summed E-state index contributed by atoms with van der Waals surface area (Å²) < 4.78 is 0. The Bertz CT molecular complexity index is 810. The smallest absolute Gasteiger partial charge is 0.0631 e. The molecule has 0 radical (unpaired) electrons. The van der Waals surface area contributed by atoms with Crippen LogP contribution in [0.15, 0.2) is 82.8 Å². The Morgan fingerprint density at radius 1 is 0.542 bits per heavy atom. The lowest BCUT2D eigenvalue weighted by Crippen LogP contribution is -1.94. The third kappa shape index (κ3) is 3.87. The molecule has 0 atom stereocenters. The molecule has 0 aliphatic carbocycles. The molecule has 0 bridgehead atoms. The van der Waals surface area contributed by atoms with Crippen molar-refractivity contribution in [2.45, 2.75) is 0 Å². The molecule has 0 heterocycles. The largest absolute Gasteiger partial charge is 0.872 e.